The highest BCUT2D eigenvalue weighted by atomic mass is 15.2. The van der Waals surface area contributed by atoms with Gasteiger partial charge in [-0.25, -0.2) is 0 Å². The summed E-state index contributed by atoms with van der Waals surface area (Å²) in [5.74, 6) is 0. The van der Waals surface area contributed by atoms with Gasteiger partial charge >= 0.3 is 0 Å². The van der Waals surface area contributed by atoms with Gasteiger partial charge in [0.25, 0.3) is 0 Å². The Kier molecular flexibility index (Phi) is 3.11. The number of benzene rings is 1. The molecule has 0 spiro atoms. The molecule has 1 aromatic heterocycles. The van der Waals surface area contributed by atoms with E-state index in [1.165, 1.54) is 27.6 Å². The molecular formula is C16H23N3. The highest BCUT2D eigenvalue weighted by molar-refractivity contribution is 5.88. The Morgan fingerprint density at radius 1 is 1.21 bits per heavy atom. The van der Waals surface area contributed by atoms with E-state index in [2.05, 4.69) is 61.1 Å². The van der Waals surface area contributed by atoms with E-state index in [9.17, 15) is 0 Å². The SMILES string of the molecule is Cc1ccc2c(C3CN(C)CCN3)cn(C)c2c1C. The van der Waals surface area contributed by atoms with E-state index in [4.69, 9.17) is 0 Å². The lowest BCUT2D eigenvalue weighted by atomic mass is 10.0. The topological polar surface area (TPSA) is 20.2 Å². The van der Waals surface area contributed by atoms with Crippen LogP contribution in [-0.4, -0.2) is 36.1 Å². The molecule has 2 aromatic rings. The third kappa shape index (κ3) is 2.07. The van der Waals surface area contributed by atoms with Gasteiger partial charge in [0.1, 0.15) is 0 Å². The maximum Gasteiger partial charge on any atom is 0.0513 e. The Morgan fingerprint density at radius 3 is 2.74 bits per heavy atom. The van der Waals surface area contributed by atoms with Gasteiger partial charge < -0.3 is 14.8 Å². The van der Waals surface area contributed by atoms with Crippen LogP contribution in [0.4, 0.5) is 0 Å². The molecule has 1 atom stereocenters. The number of fused-ring (bicyclic) bond motifs is 1. The van der Waals surface area contributed by atoms with E-state index in [-0.39, 0.29) is 0 Å². The molecule has 0 saturated carbocycles. The number of likely N-dealkylation sites (N-methyl/N-ethyl adjacent to an activating group) is 1. The molecule has 2 heterocycles. The first kappa shape index (κ1) is 12.7. The van der Waals surface area contributed by atoms with E-state index in [1.54, 1.807) is 0 Å². The molecule has 1 N–H and O–H groups in total. The monoisotopic (exact) mass is 257 g/mol. The molecular weight excluding hydrogens is 234 g/mol. The molecule has 1 unspecified atom stereocenters. The lowest BCUT2D eigenvalue weighted by Gasteiger charge is -2.30. The van der Waals surface area contributed by atoms with E-state index in [1.807, 2.05) is 0 Å². The average Bonchev–Trinajstić information content (AvgIpc) is 2.72. The van der Waals surface area contributed by atoms with Crippen molar-refractivity contribution < 1.29 is 0 Å². The molecule has 0 aliphatic carbocycles. The van der Waals surface area contributed by atoms with Crippen molar-refractivity contribution in [2.75, 3.05) is 26.7 Å². The fourth-order valence-corrected chi connectivity index (χ4v) is 3.21. The van der Waals surface area contributed by atoms with Crippen molar-refractivity contribution in [3.8, 4) is 0 Å². The number of hydrogen-bond acceptors (Lipinski definition) is 2. The summed E-state index contributed by atoms with van der Waals surface area (Å²) in [6.45, 7) is 7.71. The Balaban J connectivity index is 2.12. The van der Waals surface area contributed by atoms with Crippen LogP contribution in [0.15, 0.2) is 18.3 Å². The summed E-state index contributed by atoms with van der Waals surface area (Å²) in [5.41, 5.74) is 5.58. The van der Waals surface area contributed by atoms with Gasteiger partial charge in [-0.15, -0.1) is 0 Å². The van der Waals surface area contributed by atoms with Crippen molar-refractivity contribution in [1.29, 1.82) is 0 Å². The third-order valence-corrected chi connectivity index (χ3v) is 4.45. The van der Waals surface area contributed by atoms with Crippen molar-refractivity contribution in [3.63, 3.8) is 0 Å². The zero-order valence-corrected chi connectivity index (χ0v) is 12.3. The summed E-state index contributed by atoms with van der Waals surface area (Å²) in [6, 6.07) is 4.97. The molecule has 1 aliphatic rings. The first-order chi connectivity index (χ1) is 9.08. The summed E-state index contributed by atoms with van der Waals surface area (Å²) in [4.78, 5) is 2.40. The second kappa shape index (κ2) is 4.66. The average molecular weight is 257 g/mol. The summed E-state index contributed by atoms with van der Waals surface area (Å²) < 4.78 is 2.28. The molecule has 0 amide bonds. The van der Waals surface area contributed by atoms with E-state index in [0.29, 0.717) is 6.04 Å². The van der Waals surface area contributed by atoms with Crippen molar-refractivity contribution in [2.45, 2.75) is 19.9 Å². The standard InChI is InChI=1S/C16H23N3/c1-11-5-6-13-14(9-19(4)16(13)12(11)2)15-10-18(3)8-7-17-15/h5-6,9,15,17H,7-8,10H2,1-4H3. The zero-order chi connectivity index (χ0) is 13.6. The molecule has 102 valence electrons. The predicted octanol–water partition coefficient (Wildman–Crippen LogP) is 2.37. The second-order valence-corrected chi connectivity index (χ2v) is 5.87. The number of aromatic nitrogens is 1. The van der Waals surface area contributed by atoms with Gasteiger partial charge in [0, 0.05) is 44.3 Å². The maximum atomic E-state index is 3.65. The normalized spacial score (nSPS) is 21.2. The molecule has 3 rings (SSSR count). The number of rotatable bonds is 1. The number of aryl methyl sites for hydroxylation is 3. The summed E-state index contributed by atoms with van der Waals surface area (Å²) >= 11 is 0. The van der Waals surface area contributed by atoms with E-state index in [0.717, 1.165) is 19.6 Å². The van der Waals surface area contributed by atoms with Crippen LogP contribution in [0.5, 0.6) is 0 Å². The summed E-state index contributed by atoms with van der Waals surface area (Å²) in [5, 5.41) is 5.05. The number of piperazine rings is 1. The smallest absolute Gasteiger partial charge is 0.0513 e. The van der Waals surface area contributed by atoms with Crippen LogP contribution >= 0.6 is 0 Å². The van der Waals surface area contributed by atoms with Crippen molar-refractivity contribution in [1.82, 2.24) is 14.8 Å². The summed E-state index contributed by atoms with van der Waals surface area (Å²) in [7, 11) is 4.36. The molecule has 1 saturated heterocycles. The first-order valence-corrected chi connectivity index (χ1v) is 7.05. The lowest BCUT2D eigenvalue weighted by molar-refractivity contribution is 0.241. The minimum atomic E-state index is 0.449. The Labute approximate surface area is 115 Å². The fraction of sp³-hybridized carbons (Fsp3) is 0.500. The van der Waals surface area contributed by atoms with Gasteiger partial charge in [0.2, 0.25) is 0 Å². The van der Waals surface area contributed by atoms with Crippen LogP contribution in [0.2, 0.25) is 0 Å². The first-order valence-electron chi connectivity index (χ1n) is 7.05. The number of nitrogens with one attached hydrogen (secondary N) is 1. The van der Waals surface area contributed by atoms with E-state index < -0.39 is 0 Å². The molecule has 1 fully saturated rings. The predicted molar refractivity (Wildman–Crippen MR) is 80.6 cm³/mol. The van der Waals surface area contributed by atoms with Gasteiger partial charge in [-0.1, -0.05) is 12.1 Å². The van der Waals surface area contributed by atoms with Crippen LogP contribution in [0.25, 0.3) is 10.9 Å². The summed E-state index contributed by atoms with van der Waals surface area (Å²) in [6.07, 6.45) is 2.30. The van der Waals surface area contributed by atoms with Crippen molar-refractivity contribution in [3.05, 3.63) is 35.0 Å². The Bertz CT molecular complexity index is 612. The van der Waals surface area contributed by atoms with Crippen molar-refractivity contribution >= 4 is 10.9 Å². The van der Waals surface area contributed by atoms with Gasteiger partial charge in [-0.2, -0.15) is 0 Å². The van der Waals surface area contributed by atoms with E-state index >= 15 is 0 Å². The lowest BCUT2D eigenvalue weighted by Crippen LogP contribution is -2.43. The number of nitrogens with zero attached hydrogens (tertiary/aromatic N) is 2. The van der Waals surface area contributed by atoms with Gasteiger partial charge in [0.05, 0.1) is 5.52 Å². The maximum absolute atomic E-state index is 3.65. The Morgan fingerprint density at radius 2 is 2.00 bits per heavy atom. The van der Waals surface area contributed by atoms with Gasteiger partial charge in [-0.05, 0) is 37.6 Å². The molecule has 19 heavy (non-hydrogen) atoms. The van der Waals surface area contributed by atoms with Crippen LogP contribution in [-0.2, 0) is 7.05 Å². The fourth-order valence-electron chi connectivity index (χ4n) is 3.21. The van der Waals surface area contributed by atoms with Crippen LogP contribution in [0.1, 0.15) is 22.7 Å². The van der Waals surface area contributed by atoms with Gasteiger partial charge in [-0.3, -0.25) is 0 Å². The minimum absolute atomic E-state index is 0.449. The van der Waals surface area contributed by atoms with Crippen molar-refractivity contribution in [2.24, 2.45) is 7.05 Å². The van der Waals surface area contributed by atoms with Crippen LogP contribution in [0, 0.1) is 13.8 Å². The molecule has 3 heteroatoms. The highest BCUT2D eigenvalue weighted by Crippen LogP contribution is 2.30. The zero-order valence-electron chi connectivity index (χ0n) is 12.3. The molecule has 0 bridgehead atoms. The van der Waals surface area contributed by atoms with Crippen LogP contribution in [0.3, 0.4) is 0 Å². The highest BCUT2D eigenvalue weighted by Gasteiger charge is 2.22. The third-order valence-electron chi connectivity index (χ3n) is 4.45. The van der Waals surface area contributed by atoms with Gasteiger partial charge in [0.15, 0.2) is 0 Å². The molecule has 1 aromatic carbocycles. The van der Waals surface area contributed by atoms with Crippen LogP contribution < -0.4 is 5.32 Å². The quantitative estimate of drug-likeness (QED) is 0.846. The largest absolute Gasteiger partial charge is 0.350 e. The molecule has 1 aliphatic heterocycles. The molecule has 3 nitrogen and oxygen atoms in total. The Hall–Kier alpha value is -1.32. The minimum Gasteiger partial charge on any atom is -0.350 e. The second-order valence-electron chi connectivity index (χ2n) is 5.87. The number of hydrogen-bond donors (Lipinski definition) is 1. The molecule has 0 radical (unpaired) electrons.